The highest BCUT2D eigenvalue weighted by atomic mass is 14.1. The Morgan fingerprint density at radius 2 is 2.08 bits per heavy atom. The van der Waals surface area contributed by atoms with Crippen molar-refractivity contribution in [1.29, 1.82) is 0 Å². The molecule has 0 heteroatoms. The van der Waals surface area contributed by atoms with Gasteiger partial charge >= 0.3 is 0 Å². The molecular formula is C12H18. The minimum absolute atomic E-state index is 1.21. The van der Waals surface area contributed by atoms with Crippen LogP contribution in [0.3, 0.4) is 0 Å². The Hall–Kier alpha value is -0.780. The Bertz CT molecular complexity index is 206. The second-order valence-corrected chi connectivity index (χ2v) is 3.39. The molecule has 0 nitrogen and oxygen atoms in total. The fraction of sp³-hybridized carbons (Fsp3) is 0.500. The number of rotatable bonds is 5. The van der Waals surface area contributed by atoms with Crippen molar-refractivity contribution < 1.29 is 0 Å². The highest BCUT2D eigenvalue weighted by Crippen LogP contribution is 2.22. The lowest BCUT2D eigenvalue weighted by atomic mass is 10.0. The van der Waals surface area contributed by atoms with E-state index in [0.29, 0.717) is 0 Å². The normalized spacial score (nSPS) is 15.4. The number of unbranched alkanes of at least 4 members (excludes halogenated alkanes) is 3. The molecule has 66 valence electrons. The van der Waals surface area contributed by atoms with Gasteiger partial charge < -0.3 is 0 Å². The van der Waals surface area contributed by atoms with Gasteiger partial charge in [-0.05, 0) is 24.0 Å². The average molecular weight is 162 g/mol. The number of hydrogen-bond acceptors (Lipinski definition) is 0. The zero-order valence-corrected chi connectivity index (χ0v) is 7.97. The summed E-state index contributed by atoms with van der Waals surface area (Å²) >= 11 is 0. The van der Waals surface area contributed by atoms with Crippen LogP contribution >= 0.6 is 0 Å². The van der Waals surface area contributed by atoms with Crippen molar-refractivity contribution in [3.63, 3.8) is 0 Å². The molecule has 0 aromatic rings. The van der Waals surface area contributed by atoms with E-state index in [1.807, 2.05) is 0 Å². The van der Waals surface area contributed by atoms with E-state index < -0.39 is 0 Å². The molecule has 0 aromatic heterocycles. The monoisotopic (exact) mass is 162 g/mol. The largest absolute Gasteiger partial charge is 0.0915 e. The SMILES string of the molecule is C=C1C=CC=C1CCCCCC. The lowest BCUT2D eigenvalue weighted by molar-refractivity contribution is 0.667. The summed E-state index contributed by atoms with van der Waals surface area (Å²) in [4.78, 5) is 0. The van der Waals surface area contributed by atoms with Crippen molar-refractivity contribution in [2.45, 2.75) is 39.0 Å². The zero-order chi connectivity index (χ0) is 8.81. The molecule has 0 N–H and O–H groups in total. The molecule has 0 radical (unpaired) electrons. The van der Waals surface area contributed by atoms with Crippen LogP contribution in [0.15, 0.2) is 36.0 Å². The number of allylic oxidation sites excluding steroid dienone is 5. The zero-order valence-electron chi connectivity index (χ0n) is 7.97. The molecule has 0 fully saturated rings. The molecule has 1 rings (SSSR count). The van der Waals surface area contributed by atoms with E-state index in [0.717, 1.165) is 0 Å². The van der Waals surface area contributed by atoms with E-state index in [1.165, 1.54) is 43.3 Å². The molecule has 0 bridgehead atoms. The second-order valence-electron chi connectivity index (χ2n) is 3.39. The summed E-state index contributed by atoms with van der Waals surface area (Å²) in [6.07, 6.45) is 13.0. The van der Waals surface area contributed by atoms with Crippen LogP contribution in [-0.2, 0) is 0 Å². The van der Waals surface area contributed by atoms with Gasteiger partial charge in [0.2, 0.25) is 0 Å². The fourth-order valence-corrected chi connectivity index (χ4v) is 1.48. The molecule has 0 unspecified atom stereocenters. The van der Waals surface area contributed by atoms with Gasteiger partial charge in [-0.3, -0.25) is 0 Å². The van der Waals surface area contributed by atoms with Crippen molar-refractivity contribution in [2.24, 2.45) is 0 Å². The molecule has 0 aliphatic heterocycles. The van der Waals surface area contributed by atoms with Crippen molar-refractivity contribution in [1.82, 2.24) is 0 Å². The van der Waals surface area contributed by atoms with E-state index in [9.17, 15) is 0 Å². The first-order valence-corrected chi connectivity index (χ1v) is 4.91. The summed E-state index contributed by atoms with van der Waals surface area (Å²) in [6, 6.07) is 0. The van der Waals surface area contributed by atoms with Crippen molar-refractivity contribution in [3.05, 3.63) is 36.0 Å². The van der Waals surface area contributed by atoms with Gasteiger partial charge in [-0.15, -0.1) is 0 Å². The molecule has 1 aliphatic rings. The van der Waals surface area contributed by atoms with Crippen molar-refractivity contribution >= 4 is 0 Å². The summed E-state index contributed by atoms with van der Waals surface area (Å²) in [6.45, 7) is 6.22. The van der Waals surface area contributed by atoms with E-state index in [-0.39, 0.29) is 0 Å². The molecule has 0 atom stereocenters. The summed E-state index contributed by atoms with van der Waals surface area (Å²) in [5, 5.41) is 0. The molecule has 0 saturated heterocycles. The first-order chi connectivity index (χ1) is 5.84. The van der Waals surface area contributed by atoms with Crippen LogP contribution in [0, 0.1) is 0 Å². The maximum atomic E-state index is 3.98. The Kier molecular flexibility index (Phi) is 3.86. The predicted molar refractivity (Wildman–Crippen MR) is 55.1 cm³/mol. The molecule has 0 aromatic carbocycles. The van der Waals surface area contributed by atoms with Gasteiger partial charge in [0.05, 0.1) is 0 Å². The van der Waals surface area contributed by atoms with Gasteiger partial charge in [-0.25, -0.2) is 0 Å². The van der Waals surface area contributed by atoms with E-state index >= 15 is 0 Å². The van der Waals surface area contributed by atoms with Crippen LogP contribution in [-0.4, -0.2) is 0 Å². The third-order valence-electron chi connectivity index (χ3n) is 2.31. The average Bonchev–Trinajstić information content (AvgIpc) is 2.46. The quantitative estimate of drug-likeness (QED) is 0.536. The van der Waals surface area contributed by atoms with Gasteiger partial charge in [-0.2, -0.15) is 0 Å². The van der Waals surface area contributed by atoms with Crippen LogP contribution in [0.5, 0.6) is 0 Å². The summed E-state index contributed by atoms with van der Waals surface area (Å²) in [7, 11) is 0. The molecule has 12 heavy (non-hydrogen) atoms. The minimum atomic E-state index is 1.21. The van der Waals surface area contributed by atoms with Crippen LogP contribution < -0.4 is 0 Å². The van der Waals surface area contributed by atoms with E-state index in [2.05, 4.69) is 31.7 Å². The van der Waals surface area contributed by atoms with Crippen LogP contribution in [0.4, 0.5) is 0 Å². The molecule has 0 amide bonds. The van der Waals surface area contributed by atoms with Crippen LogP contribution in [0.25, 0.3) is 0 Å². The minimum Gasteiger partial charge on any atom is -0.0915 e. The van der Waals surface area contributed by atoms with Gasteiger partial charge in [0.15, 0.2) is 0 Å². The summed E-state index contributed by atoms with van der Waals surface area (Å²) in [5.41, 5.74) is 2.65. The first-order valence-electron chi connectivity index (χ1n) is 4.91. The topological polar surface area (TPSA) is 0 Å². The van der Waals surface area contributed by atoms with E-state index in [1.54, 1.807) is 0 Å². The maximum absolute atomic E-state index is 3.98. The Balaban J connectivity index is 2.12. The molecular weight excluding hydrogens is 144 g/mol. The van der Waals surface area contributed by atoms with Gasteiger partial charge in [0.1, 0.15) is 0 Å². The molecule has 0 saturated carbocycles. The lowest BCUT2D eigenvalue weighted by Gasteiger charge is -2.02. The highest BCUT2D eigenvalue weighted by Gasteiger charge is 2.02. The van der Waals surface area contributed by atoms with Crippen LogP contribution in [0.1, 0.15) is 39.0 Å². The Morgan fingerprint density at radius 1 is 1.25 bits per heavy atom. The fourth-order valence-electron chi connectivity index (χ4n) is 1.48. The summed E-state index contributed by atoms with van der Waals surface area (Å²) < 4.78 is 0. The smallest absolute Gasteiger partial charge is 0.0273 e. The van der Waals surface area contributed by atoms with Gasteiger partial charge in [0.25, 0.3) is 0 Å². The number of hydrogen-bond donors (Lipinski definition) is 0. The molecule has 0 spiro atoms. The van der Waals surface area contributed by atoms with Crippen molar-refractivity contribution in [2.75, 3.05) is 0 Å². The Morgan fingerprint density at radius 3 is 2.67 bits per heavy atom. The summed E-state index contributed by atoms with van der Waals surface area (Å²) in [5.74, 6) is 0. The third kappa shape index (κ3) is 2.69. The standard InChI is InChI=1S/C12H18/c1-3-4-5-6-9-12-10-7-8-11(12)2/h7-8,10H,2-6,9H2,1H3. The first kappa shape index (κ1) is 9.31. The highest BCUT2D eigenvalue weighted by molar-refractivity contribution is 5.46. The van der Waals surface area contributed by atoms with Gasteiger partial charge in [0, 0.05) is 0 Å². The van der Waals surface area contributed by atoms with E-state index in [4.69, 9.17) is 0 Å². The Labute approximate surface area is 75.7 Å². The second kappa shape index (κ2) is 4.97. The maximum Gasteiger partial charge on any atom is -0.0273 e. The van der Waals surface area contributed by atoms with Gasteiger partial charge in [-0.1, -0.05) is 51.0 Å². The van der Waals surface area contributed by atoms with Crippen molar-refractivity contribution in [3.8, 4) is 0 Å². The lowest BCUT2D eigenvalue weighted by Crippen LogP contribution is -1.83. The van der Waals surface area contributed by atoms with Crippen LogP contribution in [0.2, 0.25) is 0 Å². The molecule has 0 heterocycles. The predicted octanol–water partition coefficient (Wildman–Crippen LogP) is 4.01. The molecule has 1 aliphatic carbocycles. The third-order valence-corrected chi connectivity index (χ3v) is 2.31.